The molecule has 5 heteroatoms. The molecular formula is C14H21N3O2. The summed E-state index contributed by atoms with van der Waals surface area (Å²) >= 11 is 0. The number of methoxy groups -OCH3 is 1. The summed E-state index contributed by atoms with van der Waals surface area (Å²) in [5, 5.41) is 0. The van der Waals surface area contributed by atoms with Crippen molar-refractivity contribution in [1.29, 1.82) is 0 Å². The summed E-state index contributed by atoms with van der Waals surface area (Å²) in [7, 11) is 1.35. The Bertz CT molecular complexity index is 474. The van der Waals surface area contributed by atoms with E-state index in [2.05, 4.69) is 23.7 Å². The minimum absolute atomic E-state index is 0.305. The first kappa shape index (κ1) is 13.6. The molecule has 1 aromatic rings. The van der Waals surface area contributed by atoms with E-state index in [4.69, 9.17) is 10.5 Å². The zero-order valence-electron chi connectivity index (χ0n) is 11.7. The van der Waals surface area contributed by atoms with Crippen LogP contribution in [-0.2, 0) is 4.74 Å². The molecule has 0 spiro atoms. The molecule has 0 radical (unpaired) electrons. The lowest BCUT2D eigenvalue weighted by molar-refractivity contribution is 0.0594. The van der Waals surface area contributed by atoms with Gasteiger partial charge in [0.1, 0.15) is 0 Å². The maximum atomic E-state index is 11.5. The standard InChI is InChI=1S/C14H21N3O2/c1-9(2)10-6-7-17(8-10)13-11(15)4-5-12(16-13)14(18)19-3/h4-5,9-10H,6-8,15H2,1-3H3. The van der Waals surface area contributed by atoms with Crippen LogP contribution in [0, 0.1) is 11.8 Å². The number of nitrogens with two attached hydrogens (primary N) is 1. The van der Waals surface area contributed by atoms with E-state index in [0.717, 1.165) is 19.5 Å². The topological polar surface area (TPSA) is 68.5 Å². The molecule has 1 aliphatic heterocycles. The average molecular weight is 263 g/mol. The van der Waals surface area contributed by atoms with Crippen LogP contribution in [0.4, 0.5) is 11.5 Å². The van der Waals surface area contributed by atoms with Gasteiger partial charge in [0.2, 0.25) is 0 Å². The van der Waals surface area contributed by atoms with Crippen molar-refractivity contribution in [3.63, 3.8) is 0 Å². The molecule has 2 heterocycles. The maximum absolute atomic E-state index is 11.5. The van der Waals surface area contributed by atoms with E-state index in [1.54, 1.807) is 12.1 Å². The molecule has 1 unspecified atom stereocenters. The number of esters is 1. The number of nitrogens with zero attached hydrogens (tertiary/aromatic N) is 2. The minimum atomic E-state index is -0.430. The summed E-state index contributed by atoms with van der Waals surface area (Å²) in [5.74, 6) is 1.57. The fourth-order valence-corrected chi connectivity index (χ4v) is 2.45. The summed E-state index contributed by atoms with van der Waals surface area (Å²) in [6.45, 7) is 6.34. The first-order chi connectivity index (χ1) is 9.02. The van der Waals surface area contributed by atoms with Gasteiger partial charge >= 0.3 is 5.97 Å². The highest BCUT2D eigenvalue weighted by molar-refractivity contribution is 5.88. The number of hydrogen-bond acceptors (Lipinski definition) is 5. The normalized spacial score (nSPS) is 18.9. The van der Waals surface area contributed by atoms with Crippen LogP contribution in [-0.4, -0.2) is 31.2 Å². The van der Waals surface area contributed by atoms with Gasteiger partial charge in [-0.1, -0.05) is 13.8 Å². The quantitative estimate of drug-likeness (QED) is 0.844. The van der Waals surface area contributed by atoms with Crippen molar-refractivity contribution in [2.24, 2.45) is 11.8 Å². The molecule has 1 fully saturated rings. The van der Waals surface area contributed by atoms with Crippen LogP contribution in [0.2, 0.25) is 0 Å². The summed E-state index contributed by atoms with van der Waals surface area (Å²) in [6, 6.07) is 3.32. The molecule has 1 atom stereocenters. The molecule has 1 aliphatic rings. The molecule has 0 saturated carbocycles. The lowest BCUT2D eigenvalue weighted by atomic mass is 9.95. The number of aromatic nitrogens is 1. The second-order valence-corrected chi connectivity index (χ2v) is 5.34. The largest absolute Gasteiger partial charge is 0.464 e. The molecule has 5 nitrogen and oxygen atoms in total. The average Bonchev–Trinajstić information content (AvgIpc) is 2.88. The van der Waals surface area contributed by atoms with Crippen molar-refractivity contribution in [2.75, 3.05) is 30.8 Å². The Hall–Kier alpha value is -1.78. The summed E-state index contributed by atoms with van der Waals surface area (Å²) < 4.78 is 4.69. The van der Waals surface area contributed by atoms with E-state index in [0.29, 0.717) is 29.0 Å². The first-order valence-electron chi connectivity index (χ1n) is 6.62. The van der Waals surface area contributed by atoms with Crippen LogP contribution in [0.1, 0.15) is 30.8 Å². The smallest absolute Gasteiger partial charge is 0.356 e. The van der Waals surface area contributed by atoms with Gasteiger partial charge in [0.25, 0.3) is 0 Å². The number of nitrogen functional groups attached to an aromatic ring is 1. The monoisotopic (exact) mass is 263 g/mol. The van der Waals surface area contributed by atoms with E-state index in [1.165, 1.54) is 7.11 Å². The molecule has 0 aromatic carbocycles. The highest BCUT2D eigenvalue weighted by Gasteiger charge is 2.27. The van der Waals surface area contributed by atoms with Gasteiger partial charge in [0.05, 0.1) is 12.8 Å². The summed E-state index contributed by atoms with van der Waals surface area (Å²) in [5.41, 5.74) is 6.89. The molecule has 0 amide bonds. The molecule has 1 aromatic heterocycles. The second kappa shape index (κ2) is 5.47. The third-order valence-electron chi connectivity index (χ3n) is 3.77. The highest BCUT2D eigenvalue weighted by Crippen LogP contribution is 2.30. The third-order valence-corrected chi connectivity index (χ3v) is 3.77. The predicted octanol–water partition coefficient (Wildman–Crippen LogP) is 1.93. The van der Waals surface area contributed by atoms with Gasteiger partial charge in [-0.25, -0.2) is 9.78 Å². The summed E-state index contributed by atoms with van der Waals surface area (Å²) in [6.07, 6.45) is 1.14. The van der Waals surface area contributed by atoms with Gasteiger partial charge in [-0.3, -0.25) is 0 Å². The summed E-state index contributed by atoms with van der Waals surface area (Å²) in [4.78, 5) is 18.0. The Morgan fingerprint density at radius 3 is 2.84 bits per heavy atom. The van der Waals surface area contributed by atoms with E-state index in [1.807, 2.05) is 0 Å². The fourth-order valence-electron chi connectivity index (χ4n) is 2.45. The molecule has 19 heavy (non-hydrogen) atoms. The van der Waals surface area contributed by atoms with E-state index in [-0.39, 0.29) is 0 Å². The van der Waals surface area contributed by atoms with Crippen LogP contribution in [0.3, 0.4) is 0 Å². The van der Waals surface area contributed by atoms with Crippen LogP contribution in [0.5, 0.6) is 0 Å². The van der Waals surface area contributed by atoms with Gasteiger partial charge in [-0.05, 0) is 30.4 Å². The molecule has 0 bridgehead atoms. The fraction of sp³-hybridized carbons (Fsp3) is 0.571. The van der Waals surface area contributed by atoms with Crippen LogP contribution < -0.4 is 10.6 Å². The van der Waals surface area contributed by atoms with Gasteiger partial charge < -0.3 is 15.4 Å². The Balaban J connectivity index is 2.22. The van der Waals surface area contributed by atoms with Crippen LogP contribution in [0.15, 0.2) is 12.1 Å². The SMILES string of the molecule is COC(=O)c1ccc(N)c(N2CCC(C(C)C)C2)n1. The molecule has 1 saturated heterocycles. The predicted molar refractivity (Wildman–Crippen MR) is 75.1 cm³/mol. The number of carbonyl (C=O) groups excluding carboxylic acids is 1. The van der Waals surface area contributed by atoms with Crippen molar-refractivity contribution in [3.8, 4) is 0 Å². The number of pyridine rings is 1. The van der Waals surface area contributed by atoms with Gasteiger partial charge in [-0.2, -0.15) is 0 Å². The third kappa shape index (κ3) is 2.80. The van der Waals surface area contributed by atoms with Crippen molar-refractivity contribution in [1.82, 2.24) is 4.98 Å². The van der Waals surface area contributed by atoms with Gasteiger partial charge in [0.15, 0.2) is 11.5 Å². The van der Waals surface area contributed by atoms with Gasteiger partial charge in [-0.15, -0.1) is 0 Å². The van der Waals surface area contributed by atoms with E-state index in [9.17, 15) is 4.79 Å². The Kier molecular flexibility index (Phi) is 3.93. The van der Waals surface area contributed by atoms with Gasteiger partial charge in [0, 0.05) is 13.1 Å². The Labute approximate surface area is 113 Å². The highest BCUT2D eigenvalue weighted by atomic mass is 16.5. The number of hydrogen-bond donors (Lipinski definition) is 1. The molecule has 0 aliphatic carbocycles. The molecular weight excluding hydrogens is 242 g/mol. The number of anilines is 2. The van der Waals surface area contributed by atoms with Crippen molar-refractivity contribution >= 4 is 17.5 Å². The molecule has 2 N–H and O–H groups in total. The lowest BCUT2D eigenvalue weighted by Crippen LogP contribution is -2.24. The van der Waals surface area contributed by atoms with E-state index >= 15 is 0 Å². The molecule has 104 valence electrons. The maximum Gasteiger partial charge on any atom is 0.356 e. The lowest BCUT2D eigenvalue weighted by Gasteiger charge is -2.20. The second-order valence-electron chi connectivity index (χ2n) is 5.34. The molecule has 2 rings (SSSR count). The van der Waals surface area contributed by atoms with E-state index < -0.39 is 5.97 Å². The number of carbonyl (C=O) groups is 1. The minimum Gasteiger partial charge on any atom is -0.464 e. The van der Waals surface area contributed by atoms with Crippen LogP contribution in [0.25, 0.3) is 0 Å². The van der Waals surface area contributed by atoms with Crippen LogP contribution >= 0.6 is 0 Å². The van der Waals surface area contributed by atoms with Crippen molar-refractivity contribution in [2.45, 2.75) is 20.3 Å². The number of ether oxygens (including phenoxy) is 1. The number of rotatable bonds is 3. The Morgan fingerprint density at radius 1 is 1.53 bits per heavy atom. The zero-order chi connectivity index (χ0) is 14.0. The first-order valence-corrected chi connectivity index (χ1v) is 6.62. The zero-order valence-corrected chi connectivity index (χ0v) is 11.7. The van der Waals surface area contributed by atoms with Crippen molar-refractivity contribution < 1.29 is 9.53 Å². The Morgan fingerprint density at radius 2 is 2.26 bits per heavy atom. The van der Waals surface area contributed by atoms with Crippen molar-refractivity contribution in [3.05, 3.63) is 17.8 Å².